The molecule has 0 aliphatic heterocycles. The van der Waals surface area contributed by atoms with Crippen LogP contribution >= 0.6 is 11.3 Å². The summed E-state index contributed by atoms with van der Waals surface area (Å²) in [5, 5.41) is 4.73. The molecule has 18 heavy (non-hydrogen) atoms. The third-order valence-corrected chi connectivity index (χ3v) is 3.49. The molecule has 0 aliphatic carbocycles. The molecule has 2 rings (SSSR count). The molecular weight excluding hydrogens is 246 g/mol. The zero-order valence-electron chi connectivity index (χ0n) is 9.87. The van der Waals surface area contributed by atoms with Gasteiger partial charge in [-0.15, -0.1) is 11.3 Å². The summed E-state index contributed by atoms with van der Waals surface area (Å²) in [7, 11) is 0. The number of nitrogens with one attached hydrogen (secondary N) is 1. The molecule has 0 radical (unpaired) electrons. The minimum Gasteiger partial charge on any atom is -0.354 e. The van der Waals surface area contributed by atoms with Crippen LogP contribution in [-0.4, -0.2) is 17.4 Å². The summed E-state index contributed by atoms with van der Waals surface area (Å²) in [5.74, 6) is -0.145. The quantitative estimate of drug-likeness (QED) is 0.857. The Kier molecular flexibility index (Phi) is 4.44. The highest BCUT2D eigenvalue weighted by atomic mass is 32.1. The minimum atomic E-state index is -0.575. The van der Waals surface area contributed by atoms with E-state index in [2.05, 4.69) is 10.3 Å². The smallest absolute Gasteiger partial charge is 0.242 e. The molecule has 0 spiro atoms. The summed E-state index contributed by atoms with van der Waals surface area (Å²) in [6.45, 7) is 0.551. The lowest BCUT2D eigenvalue weighted by Crippen LogP contribution is -2.34. The van der Waals surface area contributed by atoms with E-state index in [1.807, 2.05) is 35.7 Å². The largest absolute Gasteiger partial charge is 0.354 e. The van der Waals surface area contributed by atoms with E-state index in [4.69, 9.17) is 5.73 Å². The van der Waals surface area contributed by atoms with Crippen LogP contribution in [-0.2, 0) is 11.2 Å². The Morgan fingerprint density at radius 1 is 1.39 bits per heavy atom. The molecule has 4 nitrogen and oxygen atoms in total. The molecule has 2 heterocycles. The van der Waals surface area contributed by atoms with Gasteiger partial charge in [0, 0.05) is 29.7 Å². The molecule has 2 aromatic heterocycles. The van der Waals surface area contributed by atoms with Gasteiger partial charge in [-0.25, -0.2) is 0 Å². The SMILES string of the molecule is NC(C(=O)NCCc1ccccn1)c1cccs1. The van der Waals surface area contributed by atoms with Gasteiger partial charge in [0.05, 0.1) is 0 Å². The zero-order chi connectivity index (χ0) is 12.8. The summed E-state index contributed by atoms with van der Waals surface area (Å²) in [6.07, 6.45) is 2.46. The molecule has 1 unspecified atom stereocenters. The molecule has 1 atom stereocenters. The lowest BCUT2D eigenvalue weighted by molar-refractivity contribution is -0.122. The van der Waals surface area contributed by atoms with E-state index in [0.717, 1.165) is 10.6 Å². The Hall–Kier alpha value is -1.72. The lowest BCUT2D eigenvalue weighted by Gasteiger charge is -2.10. The van der Waals surface area contributed by atoms with Gasteiger partial charge in [-0.1, -0.05) is 12.1 Å². The number of carbonyl (C=O) groups is 1. The van der Waals surface area contributed by atoms with E-state index >= 15 is 0 Å². The second-order valence-corrected chi connectivity index (χ2v) is 4.83. The normalized spacial score (nSPS) is 12.1. The van der Waals surface area contributed by atoms with Gasteiger partial charge >= 0.3 is 0 Å². The number of pyridine rings is 1. The number of amides is 1. The predicted octanol–water partition coefficient (Wildman–Crippen LogP) is 1.50. The highest BCUT2D eigenvalue weighted by Crippen LogP contribution is 2.16. The monoisotopic (exact) mass is 261 g/mol. The third kappa shape index (κ3) is 3.38. The lowest BCUT2D eigenvalue weighted by atomic mass is 10.2. The Labute approximate surface area is 110 Å². The van der Waals surface area contributed by atoms with Gasteiger partial charge in [-0.2, -0.15) is 0 Å². The molecule has 0 aliphatic rings. The third-order valence-electron chi connectivity index (χ3n) is 2.54. The van der Waals surface area contributed by atoms with Gasteiger partial charge in [-0.05, 0) is 23.6 Å². The summed E-state index contributed by atoms with van der Waals surface area (Å²) in [6, 6.07) is 8.92. The van der Waals surface area contributed by atoms with Gasteiger partial charge < -0.3 is 11.1 Å². The molecular formula is C13H15N3OS. The number of carbonyl (C=O) groups excluding carboxylic acids is 1. The standard InChI is InChI=1S/C13H15N3OS/c14-12(11-5-3-9-18-11)13(17)16-8-6-10-4-1-2-7-15-10/h1-5,7,9,12H,6,8,14H2,(H,16,17). The van der Waals surface area contributed by atoms with Crippen LogP contribution in [0.4, 0.5) is 0 Å². The van der Waals surface area contributed by atoms with E-state index in [-0.39, 0.29) is 5.91 Å². The second-order valence-electron chi connectivity index (χ2n) is 3.86. The number of hydrogen-bond acceptors (Lipinski definition) is 4. The van der Waals surface area contributed by atoms with Crippen LogP contribution in [0.25, 0.3) is 0 Å². The van der Waals surface area contributed by atoms with Gasteiger partial charge in [0.25, 0.3) is 0 Å². The van der Waals surface area contributed by atoms with Crippen LogP contribution in [0.2, 0.25) is 0 Å². The maximum Gasteiger partial charge on any atom is 0.242 e. The van der Waals surface area contributed by atoms with Crippen molar-refractivity contribution in [2.24, 2.45) is 5.73 Å². The van der Waals surface area contributed by atoms with Crippen LogP contribution in [0.3, 0.4) is 0 Å². The first kappa shape index (κ1) is 12.7. The summed E-state index contributed by atoms with van der Waals surface area (Å²) < 4.78 is 0. The Morgan fingerprint density at radius 2 is 2.28 bits per heavy atom. The van der Waals surface area contributed by atoms with Crippen molar-refractivity contribution < 1.29 is 4.79 Å². The van der Waals surface area contributed by atoms with Crippen LogP contribution in [0.15, 0.2) is 41.9 Å². The number of hydrogen-bond donors (Lipinski definition) is 2. The molecule has 1 amide bonds. The molecule has 3 N–H and O–H groups in total. The number of nitrogens with zero attached hydrogens (tertiary/aromatic N) is 1. The molecule has 0 aromatic carbocycles. The van der Waals surface area contributed by atoms with E-state index in [1.54, 1.807) is 6.20 Å². The Bertz CT molecular complexity index is 484. The van der Waals surface area contributed by atoms with Crippen molar-refractivity contribution in [2.75, 3.05) is 6.54 Å². The highest BCUT2D eigenvalue weighted by molar-refractivity contribution is 7.10. The fraction of sp³-hybridized carbons (Fsp3) is 0.231. The number of aromatic nitrogens is 1. The van der Waals surface area contributed by atoms with Gasteiger partial charge in [0.2, 0.25) is 5.91 Å². The molecule has 94 valence electrons. The fourth-order valence-electron chi connectivity index (χ4n) is 1.57. The number of rotatable bonds is 5. The van der Waals surface area contributed by atoms with Crippen molar-refractivity contribution in [2.45, 2.75) is 12.5 Å². The number of nitrogens with two attached hydrogens (primary N) is 1. The average molecular weight is 261 g/mol. The average Bonchev–Trinajstić information content (AvgIpc) is 2.93. The van der Waals surface area contributed by atoms with Crippen LogP contribution in [0.1, 0.15) is 16.6 Å². The Morgan fingerprint density at radius 3 is 2.94 bits per heavy atom. The molecule has 0 fully saturated rings. The van der Waals surface area contributed by atoms with Gasteiger partial charge in [0.15, 0.2) is 0 Å². The van der Waals surface area contributed by atoms with Crippen molar-refractivity contribution in [1.82, 2.24) is 10.3 Å². The van der Waals surface area contributed by atoms with Crippen LogP contribution in [0.5, 0.6) is 0 Å². The van der Waals surface area contributed by atoms with Crippen LogP contribution in [0, 0.1) is 0 Å². The summed E-state index contributed by atoms with van der Waals surface area (Å²) in [5.41, 5.74) is 6.81. The zero-order valence-corrected chi connectivity index (χ0v) is 10.7. The first-order valence-corrected chi connectivity index (χ1v) is 6.62. The maximum absolute atomic E-state index is 11.8. The predicted molar refractivity (Wildman–Crippen MR) is 72.2 cm³/mol. The minimum absolute atomic E-state index is 0.145. The van der Waals surface area contributed by atoms with Crippen molar-refractivity contribution in [3.63, 3.8) is 0 Å². The van der Waals surface area contributed by atoms with Crippen molar-refractivity contribution in [3.8, 4) is 0 Å². The molecule has 5 heteroatoms. The highest BCUT2D eigenvalue weighted by Gasteiger charge is 2.15. The molecule has 0 bridgehead atoms. The maximum atomic E-state index is 11.8. The van der Waals surface area contributed by atoms with Gasteiger partial charge in [0.1, 0.15) is 6.04 Å². The van der Waals surface area contributed by atoms with E-state index in [1.165, 1.54) is 11.3 Å². The second kappa shape index (κ2) is 6.28. The van der Waals surface area contributed by atoms with Crippen molar-refractivity contribution in [1.29, 1.82) is 0 Å². The van der Waals surface area contributed by atoms with E-state index < -0.39 is 6.04 Å². The molecule has 2 aromatic rings. The molecule has 0 saturated carbocycles. The fourth-order valence-corrected chi connectivity index (χ4v) is 2.29. The van der Waals surface area contributed by atoms with Crippen LogP contribution < -0.4 is 11.1 Å². The summed E-state index contributed by atoms with van der Waals surface area (Å²) >= 11 is 1.49. The van der Waals surface area contributed by atoms with E-state index in [9.17, 15) is 4.79 Å². The first-order valence-electron chi connectivity index (χ1n) is 5.74. The topological polar surface area (TPSA) is 68.0 Å². The van der Waals surface area contributed by atoms with E-state index in [0.29, 0.717) is 13.0 Å². The van der Waals surface area contributed by atoms with Crippen molar-refractivity contribution in [3.05, 3.63) is 52.5 Å². The number of thiophene rings is 1. The first-order chi connectivity index (χ1) is 8.77. The van der Waals surface area contributed by atoms with Gasteiger partial charge in [-0.3, -0.25) is 9.78 Å². The Balaban J connectivity index is 1.79. The molecule has 0 saturated heterocycles. The summed E-state index contributed by atoms with van der Waals surface area (Å²) in [4.78, 5) is 16.9. The van der Waals surface area contributed by atoms with Crippen molar-refractivity contribution >= 4 is 17.2 Å².